The summed E-state index contributed by atoms with van der Waals surface area (Å²) >= 11 is 0. The minimum atomic E-state index is -4.52. The smallest absolute Gasteiger partial charge is 0.420 e. The lowest BCUT2D eigenvalue weighted by molar-refractivity contribution is -0.141. The van der Waals surface area contributed by atoms with Gasteiger partial charge >= 0.3 is 12.1 Å². The number of alkyl halides is 3. The Morgan fingerprint density at radius 3 is 2.35 bits per heavy atom. The number of hydrogen-bond acceptors (Lipinski definition) is 2. The quantitative estimate of drug-likeness (QED) is 0.438. The number of aliphatic carboxylic acids is 1. The van der Waals surface area contributed by atoms with Crippen LogP contribution in [0.3, 0.4) is 0 Å². The molecule has 1 N–H and O–H groups in total. The lowest BCUT2D eigenvalue weighted by atomic mass is 9.85. The highest BCUT2D eigenvalue weighted by Crippen LogP contribution is 2.44. The monoisotopic (exact) mass is 476 g/mol. The third-order valence-corrected chi connectivity index (χ3v) is 8.10. The van der Waals surface area contributed by atoms with Gasteiger partial charge in [-0.05, 0) is 91.5 Å². The molecule has 0 bridgehead atoms. The second-order valence-electron chi connectivity index (χ2n) is 10.4. The Balaban J connectivity index is 1.58. The number of hydrogen-bond donors (Lipinski definition) is 1. The summed E-state index contributed by atoms with van der Waals surface area (Å²) in [5.41, 5.74) is 0.181. The Morgan fingerprint density at radius 1 is 1.06 bits per heavy atom. The van der Waals surface area contributed by atoms with Gasteiger partial charge in [-0.2, -0.15) is 13.2 Å². The second-order valence-corrected chi connectivity index (χ2v) is 10.4. The van der Waals surface area contributed by atoms with Crippen molar-refractivity contribution in [2.75, 3.05) is 0 Å². The maximum absolute atomic E-state index is 14.3. The van der Waals surface area contributed by atoms with Crippen LogP contribution in [0.15, 0.2) is 30.3 Å². The second kappa shape index (κ2) is 10.2. The Labute approximate surface area is 199 Å². The molecule has 2 fully saturated rings. The van der Waals surface area contributed by atoms with Crippen molar-refractivity contribution < 1.29 is 27.8 Å². The standard InChI is InChI=1S/C28H35F3O3/c1-3-18-5-11-23(12-6-18)34-25-13-10-20-8-9-21(16-24(20)26(25)28(29,30)31)17(2)14-19-4-7-22(15-19)27(32)33/h8-10,13,16-19,22-23H,3-7,11-12,14-15H2,1-2H3,(H,32,33). The first-order valence-electron chi connectivity index (χ1n) is 12.7. The fraction of sp³-hybridized carbons (Fsp3) is 0.607. The van der Waals surface area contributed by atoms with E-state index in [1.807, 2.05) is 13.0 Å². The minimum Gasteiger partial charge on any atom is -0.490 e. The van der Waals surface area contributed by atoms with Gasteiger partial charge in [0.1, 0.15) is 11.3 Å². The van der Waals surface area contributed by atoms with Crippen molar-refractivity contribution in [2.45, 2.75) is 89.8 Å². The van der Waals surface area contributed by atoms with Crippen molar-refractivity contribution in [3.63, 3.8) is 0 Å². The number of carboxylic acid groups (broad SMARTS) is 1. The van der Waals surface area contributed by atoms with E-state index in [4.69, 9.17) is 4.74 Å². The molecule has 2 aliphatic carbocycles. The van der Waals surface area contributed by atoms with Gasteiger partial charge in [0.25, 0.3) is 0 Å². The highest BCUT2D eigenvalue weighted by atomic mass is 19.4. The molecule has 2 aromatic rings. The van der Waals surface area contributed by atoms with Crippen molar-refractivity contribution in [2.24, 2.45) is 17.8 Å². The van der Waals surface area contributed by atoms with E-state index in [-0.39, 0.29) is 29.1 Å². The molecule has 4 rings (SSSR count). The molecule has 0 spiro atoms. The van der Waals surface area contributed by atoms with Gasteiger partial charge in [0, 0.05) is 0 Å². The molecule has 3 nitrogen and oxygen atoms in total. The van der Waals surface area contributed by atoms with Crippen molar-refractivity contribution in [3.8, 4) is 5.75 Å². The highest BCUT2D eigenvalue weighted by Gasteiger charge is 2.38. The van der Waals surface area contributed by atoms with Gasteiger partial charge in [-0.25, -0.2) is 0 Å². The first kappa shape index (κ1) is 24.9. The number of carboxylic acids is 1. The van der Waals surface area contributed by atoms with Crippen LogP contribution in [0.4, 0.5) is 13.2 Å². The van der Waals surface area contributed by atoms with E-state index in [2.05, 4.69) is 6.92 Å². The van der Waals surface area contributed by atoms with Gasteiger partial charge in [-0.1, -0.05) is 44.5 Å². The van der Waals surface area contributed by atoms with Gasteiger partial charge < -0.3 is 9.84 Å². The first-order chi connectivity index (χ1) is 16.2. The van der Waals surface area contributed by atoms with Crippen LogP contribution < -0.4 is 4.74 Å². The molecule has 6 heteroatoms. The minimum absolute atomic E-state index is 0.0527. The molecule has 2 aliphatic rings. The van der Waals surface area contributed by atoms with E-state index in [1.54, 1.807) is 18.2 Å². The summed E-state index contributed by atoms with van der Waals surface area (Å²) in [6.07, 6.45) is 2.99. The zero-order valence-corrected chi connectivity index (χ0v) is 20.0. The number of ether oxygens (including phenoxy) is 1. The van der Waals surface area contributed by atoms with Gasteiger partial charge in [0.15, 0.2) is 0 Å². The molecule has 186 valence electrons. The summed E-state index contributed by atoms with van der Waals surface area (Å²) in [7, 11) is 0. The topological polar surface area (TPSA) is 46.5 Å². The molecule has 0 aromatic heterocycles. The maximum atomic E-state index is 14.3. The zero-order chi connectivity index (χ0) is 24.5. The molecular formula is C28H35F3O3. The van der Waals surface area contributed by atoms with Crippen molar-refractivity contribution in [1.82, 2.24) is 0 Å². The molecule has 0 saturated heterocycles. The van der Waals surface area contributed by atoms with Crippen LogP contribution in [0.25, 0.3) is 10.8 Å². The predicted octanol–water partition coefficient (Wildman–Crippen LogP) is 8.20. The van der Waals surface area contributed by atoms with E-state index in [9.17, 15) is 23.1 Å². The van der Waals surface area contributed by atoms with Crippen molar-refractivity contribution in [3.05, 3.63) is 41.5 Å². The molecule has 0 amide bonds. The van der Waals surface area contributed by atoms with Gasteiger partial charge in [-0.3, -0.25) is 4.79 Å². The maximum Gasteiger partial charge on any atom is 0.420 e. The van der Waals surface area contributed by atoms with Crippen LogP contribution in [0, 0.1) is 17.8 Å². The van der Waals surface area contributed by atoms with Crippen LogP contribution >= 0.6 is 0 Å². The average Bonchev–Trinajstić information content (AvgIpc) is 3.27. The molecule has 3 unspecified atom stereocenters. The summed E-state index contributed by atoms with van der Waals surface area (Å²) in [4.78, 5) is 11.3. The lowest BCUT2D eigenvalue weighted by Crippen LogP contribution is -2.25. The molecule has 2 aromatic carbocycles. The summed E-state index contributed by atoms with van der Waals surface area (Å²) in [5, 5.41) is 10.00. The zero-order valence-electron chi connectivity index (χ0n) is 20.0. The normalized spacial score (nSPS) is 26.5. The third kappa shape index (κ3) is 5.52. The van der Waals surface area contributed by atoms with Crippen LogP contribution in [-0.4, -0.2) is 17.2 Å². The van der Waals surface area contributed by atoms with Crippen LogP contribution in [0.5, 0.6) is 5.75 Å². The highest BCUT2D eigenvalue weighted by molar-refractivity contribution is 5.89. The fourth-order valence-electron chi connectivity index (χ4n) is 6.00. The third-order valence-electron chi connectivity index (χ3n) is 8.10. The Bertz CT molecular complexity index is 1010. The van der Waals surface area contributed by atoms with Crippen molar-refractivity contribution in [1.29, 1.82) is 0 Å². The van der Waals surface area contributed by atoms with Gasteiger partial charge in [-0.15, -0.1) is 0 Å². The van der Waals surface area contributed by atoms with Crippen LogP contribution in [0.2, 0.25) is 0 Å². The van der Waals surface area contributed by atoms with E-state index in [1.165, 1.54) is 6.07 Å². The molecule has 3 atom stereocenters. The number of rotatable bonds is 7. The summed E-state index contributed by atoms with van der Waals surface area (Å²) in [6.45, 7) is 4.18. The Hall–Kier alpha value is -2.24. The van der Waals surface area contributed by atoms with E-state index in [0.717, 1.165) is 50.5 Å². The van der Waals surface area contributed by atoms with Crippen LogP contribution in [0.1, 0.15) is 88.7 Å². The average molecular weight is 477 g/mol. The van der Waals surface area contributed by atoms with E-state index in [0.29, 0.717) is 30.1 Å². The molecule has 0 radical (unpaired) electrons. The predicted molar refractivity (Wildman–Crippen MR) is 127 cm³/mol. The van der Waals surface area contributed by atoms with E-state index >= 15 is 0 Å². The first-order valence-corrected chi connectivity index (χ1v) is 12.7. The number of carbonyl (C=O) groups is 1. The molecule has 0 heterocycles. The Kier molecular flexibility index (Phi) is 7.44. The summed E-state index contributed by atoms with van der Waals surface area (Å²) < 4.78 is 48.9. The molecule has 2 saturated carbocycles. The number of fused-ring (bicyclic) bond motifs is 1. The SMILES string of the molecule is CCC1CCC(Oc2ccc3ccc(C(C)CC4CCC(C(=O)O)C4)cc3c2C(F)(F)F)CC1. The Morgan fingerprint density at radius 2 is 1.74 bits per heavy atom. The van der Waals surface area contributed by atoms with E-state index < -0.39 is 17.7 Å². The molecular weight excluding hydrogens is 441 g/mol. The van der Waals surface area contributed by atoms with Gasteiger partial charge in [0.05, 0.1) is 12.0 Å². The number of halogens is 3. The lowest BCUT2D eigenvalue weighted by Gasteiger charge is -2.29. The fourth-order valence-corrected chi connectivity index (χ4v) is 6.00. The van der Waals surface area contributed by atoms with Crippen molar-refractivity contribution >= 4 is 16.7 Å². The van der Waals surface area contributed by atoms with Crippen LogP contribution in [-0.2, 0) is 11.0 Å². The van der Waals surface area contributed by atoms with Gasteiger partial charge in [0.2, 0.25) is 0 Å². The summed E-state index contributed by atoms with van der Waals surface area (Å²) in [5.74, 6) is -0.110. The number of benzene rings is 2. The largest absolute Gasteiger partial charge is 0.490 e. The molecule has 0 aliphatic heterocycles. The summed E-state index contributed by atoms with van der Waals surface area (Å²) in [6, 6.07) is 8.54. The molecule has 34 heavy (non-hydrogen) atoms.